The normalized spacial score (nSPS) is 15.8. The number of hydrogen-bond acceptors (Lipinski definition) is 7. The zero-order valence-electron chi connectivity index (χ0n) is 13.1. The van der Waals surface area contributed by atoms with Crippen LogP contribution in [-0.4, -0.2) is 53.3 Å². The van der Waals surface area contributed by atoms with Crippen LogP contribution in [-0.2, 0) is 0 Å². The molecule has 0 atom stereocenters. The van der Waals surface area contributed by atoms with Crippen LogP contribution in [0.5, 0.6) is 0 Å². The van der Waals surface area contributed by atoms with Crippen molar-refractivity contribution in [3.05, 3.63) is 34.1 Å². The number of pyridine rings is 1. The van der Waals surface area contributed by atoms with Crippen molar-refractivity contribution < 1.29 is 4.52 Å². The topological polar surface area (TPSA) is 58.3 Å². The summed E-state index contributed by atoms with van der Waals surface area (Å²) < 4.78 is 6.02. The first kappa shape index (κ1) is 15.6. The van der Waals surface area contributed by atoms with Gasteiger partial charge in [0, 0.05) is 37.9 Å². The summed E-state index contributed by atoms with van der Waals surface area (Å²) in [4.78, 5) is 13.6. The van der Waals surface area contributed by atoms with E-state index in [4.69, 9.17) is 16.1 Å². The highest BCUT2D eigenvalue weighted by atomic mass is 35.5. The quantitative estimate of drug-likeness (QED) is 0.713. The third-order valence-electron chi connectivity index (χ3n) is 4.11. The SMILES string of the molecule is CN1CCN(c2cc(-c3noc(-c4ccsc4Cl)n3)ccn2)CC1. The van der Waals surface area contributed by atoms with Crippen LogP contribution < -0.4 is 4.90 Å². The molecule has 3 aromatic heterocycles. The molecular weight excluding hydrogens is 346 g/mol. The van der Waals surface area contributed by atoms with E-state index in [1.165, 1.54) is 11.3 Å². The van der Waals surface area contributed by atoms with Gasteiger partial charge in [-0.2, -0.15) is 4.98 Å². The first-order chi connectivity index (χ1) is 11.7. The molecule has 1 fully saturated rings. The summed E-state index contributed by atoms with van der Waals surface area (Å²) in [6, 6.07) is 5.78. The number of halogens is 1. The van der Waals surface area contributed by atoms with E-state index in [0.29, 0.717) is 16.1 Å². The molecular formula is C16H16ClN5OS. The van der Waals surface area contributed by atoms with Crippen LogP contribution in [0.2, 0.25) is 4.34 Å². The lowest BCUT2D eigenvalue weighted by Crippen LogP contribution is -2.44. The first-order valence-corrected chi connectivity index (χ1v) is 8.93. The van der Waals surface area contributed by atoms with E-state index in [0.717, 1.165) is 43.1 Å². The Balaban J connectivity index is 1.60. The lowest BCUT2D eigenvalue weighted by molar-refractivity contribution is 0.312. The molecule has 0 spiro atoms. The van der Waals surface area contributed by atoms with E-state index < -0.39 is 0 Å². The van der Waals surface area contributed by atoms with E-state index >= 15 is 0 Å². The minimum atomic E-state index is 0.439. The van der Waals surface area contributed by atoms with Gasteiger partial charge in [0.05, 0.1) is 5.56 Å². The number of thiophene rings is 1. The zero-order chi connectivity index (χ0) is 16.5. The molecule has 1 aliphatic heterocycles. The van der Waals surface area contributed by atoms with Crippen molar-refractivity contribution in [3.63, 3.8) is 0 Å². The molecule has 124 valence electrons. The summed E-state index contributed by atoms with van der Waals surface area (Å²) >= 11 is 7.58. The van der Waals surface area contributed by atoms with E-state index in [1.54, 1.807) is 6.20 Å². The highest BCUT2D eigenvalue weighted by molar-refractivity contribution is 7.15. The van der Waals surface area contributed by atoms with Crippen LogP contribution in [0, 0.1) is 0 Å². The van der Waals surface area contributed by atoms with Crippen LogP contribution in [0.4, 0.5) is 5.82 Å². The van der Waals surface area contributed by atoms with Crippen molar-refractivity contribution in [3.8, 4) is 22.8 Å². The lowest BCUT2D eigenvalue weighted by atomic mass is 10.2. The molecule has 0 radical (unpaired) electrons. The first-order valence-electron chi connectivity index (χ1n) is 7.68. The van der Waals surface area contributed by atoms with Crippen LogP contribution in [0.3, 0.4) is 0 Å². The van der Waals surface area contributed by atoms with Crippen molar-refractivity contribution >= 4 is 28.8 Å². The molecule has 24 heavy (non-hydrogen) atoms. The fourth-order valence-electron chi connectivity index (χ4n) is 2.66. The Labute approximate surface area is 148 Å². The average molecular weight is 362 g/mol. The van der Waals surface area contributed by atoms with E-state index in [1.807, 2.05) is 23.6 Å². The minimum absolute atomic E-state index is 0.439. The summed E-state index contributed by atoms with van der Waals surface area (Å²) in [5.41, 5.74) is 1.66. The van der Waals surface area contributed by atoms with Crippen molar-refractivity contribution in [1.82, 2.24) is 20.0 Å². The molecule has 0 aliphatic carbocycles. The van der Waals surface area contributed by atoms with E-state index in [2.05, 4.69) is 32.0 Å². The van der Waals surface area contributed by atoms with Crippen LogP contribution in [0.15, 0.2) is 34.3 Å². The molecule has 8 heteroatoms. The summed E-state index contributed by atoms with van der Waals surface area (Å²) in [6.07, 6.45) is 1.79. The summed E-state index contributed by atoms with van der Waals surface area (Å²) in [7, 11) is 2.14. The molecule has 0 unspecified atom stereocenters. The Bertz CT molecular complexity index is 840. The van der Waals surface area contributed by atoms with Gasteiger partial charge in [-0.05, 0) is 30.6 Å². The molecule has 1 saturated heterocycles. The van der Waals surface area contributed by atoms with Crippen LogP contribution in [0.1, 0.15) is 0 Å². The standard InChI is InChI=1S/C16H16ClN5OS/c1-21-5-7-22(8-6-21)13-10-11(2-4-18-13)15-19-16(23-20-15)12-3-9-24-14(12)17/h2-4,9-10H,5-8H2,1H3. The molecule has 0 amide bonds. The highest BCUT2D eigenvalue weighted by Gasteiger charge is 2.18. The Hall–Kier alpha value is -1.96. The maximum Gasteiger partial charge on any atom is 0.260 e. The second-order valence-corrected chi connectivity index (χ2v) is 7.24. The number of hydrogen-bond donors (Lipinski definition) is 0. The fourth-order valence-corrected chi connectivity index (χ4v) is 3.57. The van der Waals surface area contributed by atoms with Gasteiger partial charge in [-0.15, -0.1) is 11.3 Å². The molecule has 0 aromatic carbocycles. The predicted octanol–water partition coefficient (Wildman–Crippen LogP) is 3.27. The van der Waals surface area contributed by atoms with Gasteiger partial charge >= 0.3 is 0 Å². The molecule has 0 N–H and O–H groups in total. The third kappa shape index (κ3) is 3.02. The van der Waals surface area contributed by atoms with Crippen molar-refractivity contribution in [1.29, 1.82) is 0 Å². The Morgan fingerprint density at radius 1 is 1.21 bits per heavy atom. The molecule has 1 aliphatic rings. The number of anilines is 1. The smallest absolute Gasteiger partial charge is 0.260 e. The Morgan fingerprint density at radius 2 is 2.04 bits per heavy atom. The maximum atomic E-state index is 6.14. The van der Waals surface area contributed by atoms with Gasteiger partial charge in [-0.25, -0.2) is 4.98 Å². The number of piperazine rings is 1. The number of aromatic nitrogens is 3. The molecule has 0 saturated carbocycles. The summed E-state index contributed by atoms with van der Waals surface area (Å²) in [6.45, 7) is 4.01. The van der Waals surface area contributed by atoms with Gasteiger partial charge in [0.15, 0.2) is 0 Å². The average Bonchev–Trinajstić information content (AvgIpc) is 3.24. The van der Waals surface area contributed by atoms with Crippen molar-refractivity contribution in [2.75, 3.05) is 38.1 Å². The van der Waals surface area contributed by atoms with Gasteiger partial charge in [-0.3, -0.25) is 0 Å². The summed E-state index contributed by atoms with van der Waals surface area (Å²) in [5.74, 6) is 1.93. The third-order valence-corrected chi connectivity index (χ3v) is 5.28. The van der Waals surface area contributed by atoms with Crippen molar-refractivity contribution in [2.45, 2.75) is 0 Å². The monoisotopic (exact) mass is 361 g/mol. The molecule has 4 rings (SSSR count). The minimum Gasteiger partial charge on any atom is -0.354 e. The molecule has 6 nitrogen and oxygen atoms in total. The Morgan fingerprint density at radius 3 is 2.79 bits per heavy atom. The molecule has 0 bridgehead atoms. The molecule has 4 heterocycles. The van der Waals surface area contributed by atoms with Gasteiger partial charge in [0.25, 0.3) is 5.89 Å². The highest BCUT2D eigenvalue weighted by Crippen LogP contribution is 2.32. The van der Waals surface area contributed by atoms with Gasteiger partial charge in [0.1, 0.15) is 10.2 Å². The van der Waals surface area contributed by atoms with Gasteiger partial charge in [0.2, 0.25) is 5.82 Å². The lowest BCUT2D eigenvalue weighted by Gasteiger charge is -2.33. The zero-order valence-corrected chi connectivity index (χ0v) is 14.7. The number of rotatable bonds is 3. The predicted molar refractivity (Wildman–Crippen MR) is 95.6 cm³/mol. The second kappa shape index (κ2) is 6.51. The summed E-state index contributed by atoms with van der Waals surface area (Å²) in [5, 5.41) is 5.99. The van der Waals surface area contributed by atoms with E-state index in [9.17, 15) is 0 Å². The Kier molecular flexibility index (Phi) is 4.22. The largest absolute Gasteiger partial charge is 0.354 e. The number of nitrogens with zero attached hydrogens (tertiary/aromatic N) is 5. The van der Waals surface area contributed by atoms with Crippen LogP contribution >= 0.6 is 22.9 Å². The second-order valence-electron chi connectivity index (χ2n) is 5.72. The van der Waals surface area contributed by atoms with Crippen molar-refractivity contribution in [2.24, 2.45) is 0 Å². The van der Waals surface area contributed by atoms with Gasteiger partial charge in [-0.1, -0.05) is 16.8 Å². The number of likely N-dealkylation sites (N-methyl/N-ethyl adjacent to an activating group) is 1. The molecule has 3 aromatic rings. The van der Waals surface area contributed by atoms with Gasteiger partial charge < -0.3 is 14.3 Å². The van der Waals surface area contributed by atoms with Crippen LogP contribution in [0.25, 0.3) is 22.8 Å². The maximum absolute atomic E-state index is 6.14. The van der Waals surface area contributed by atoms with E-state index in [-0.39, 0.29) is 0 Å². The fraction of sp³-hybridized carbons (Fsp3) is 0.312.